The lowest BCUT2D eigenvalue weighted by Gasteiger charge is -2.06. The molecule has 0 aliphatic carbocycles. The second-order valence-electron chi connectivity index (χ2n) is 3.26. The number of ether oxygens (including phenoxy) is 1. The van der Waals surface area contributed by atoms with Gasteiger partial charge in [0.1, 0.15) is 5.52 Å². The molecule has 3 nitrogen and oxygen atoms in total. The molecule has 2 aromatic rings. The first-order valence-corrected chi connectivity index (χ1v) is 5.73. The predicted molar refractivity (Wildman–Crippen MR) is 65.8 cm³/mol. The number of carbonyl (C=O) groups is 1. The van der Waals surface area contributed by atoms with Crippen LogP contribution in [0.5, 0.6) is 0 Å². The Hall–Kier alpha value is -1.20. The number of fused-ring (bicyclic) bond motifs is 1. The summed E-state index contributed by atoms with van der Waals surface area (Å²) in [5.41, 5.74) is 0.227. The SMILES string of the molecule is COC(=O)c1cnc2c(F)cc(Br)cc2c1Cl. The van der Waals surface area contributed by atoms with E-state index in [1.807, 2.05) is 0 Å². The van der Waals surface area contributed by atoms with Gasteiger partial charge in [0.05, 0.1) is 17.7 Å². The van der Waals surface area contributed by atoms with E-state index in [1.54, 1.807) is 6.07 Å². The van der Waals surface area contributed by atoms with E-state index in [0.717, 1.165) is 0 Å². The summed E-state index contributed by atoms with van der Waals surface area (Å²) in [7, 11) is 1.24. The number of hydrogen-bond acceptors (Lipinski definition) is 3. The van der Waals surface area contributed by atoms with Gasteiger partial charge in [0.2, 0.25) is 0 Å². The largest absolute Gasteiger partial charge is 0.465 e. The number of carbonyl (C=O) groups excluding carboxylic acids is 1. The van der Waals surface area contributed by atoms with Crippen LogP contribution in [-0.4, -0.2) is 18.1 Å². The highest BCUT2D eigenvalue weighted by atomic mass is 79.9. The summed E-state index contributed by atoms with van der Waals surface area (Å²) in [4.78, 5) is 15.3. The molecule has 1 aromatic heterocycles. The van der Waals surface area contributed by atoms with Gasteiger partial charge in [0.25, 0.3) is 0 Å². The number of aromatic nitrogens is 1. The fraction of sp³-hybridized carbons (Fsp3) is 0.0909. The van der Waals surface area contributed by atoms with Gasteiger partial charge in [-0.05, 0) is 12.1 Å². The predicted octanol–water partition coefficient (Wildman–Crippen LogP) is 3.58. The van der Waals surface area contributed by atoms with Crippen LogP contribution in [0.2, 0.25) is 5.02 Å². The van der Waals surface area contributed by atoms with Crippen LogP contribution >= 0.6 is 27.5 Å². The normalized spacial score (nSPS) is 10.6. The molecule has 0 bridgehead atoms. The standard InChI is InChI=1S/C11H6BrClFNO2/c1-17-11(16)7-4-15-10-6(9(7)13)2-5(12)3-8(10)14/h2-4H,1H3. The Morgan fingerprint density at radius 2 is 2.24 bits per heavy atom. The van der Waals surface area contributed by atoms with Crippen molar-refractivity contribution in [1.29, 1.82) is 0 Å². The molecule has 0 saturated heterocycles. The molecule has 1 aromatic carbocycles. The zero-order valence-electron chi connectivity index (χ0n) is 8.63. The summed E-state index contributed by atoms with van der Waals surface area (Å²) in [6, 6.07) is 2.88. The minimum Gasteiger partial charge on any atom is -0.465 e. The molecule has 0 unspecified atom stereocenters. The average molecular weight is 319 g/mol. The molecule has 2 rings (SSSR count). The number of hydrogen-bond donors (Lipinski definition) is 0. The van der Waals surface area contributed by atoms with Gasteiger partial charge in [0, 0.05) is 16.1 Å². The molecule has 0 saturated carbocycles. The molecule has 0 aliphatic rings. The highest BCUT2D eigenvalue weighted by molar-refractivity contribution is 9.10. The molecule has 1 heterocycles. The Bertz CT molecular complexity index is 618. The fourth-order valence-electron chi connectivity index (χ4n) is 1.45. The highest BCUT2D eigenvalue weighted by Gasteiger charge is 2.16. The first-order chi connectivity index (χ1) is 8.04. The zero-order chi connectivity index (χ0) is 12.6. The quantitative estimate of drug-likeness (QED) is 0.755. The van der Waals surface area contributed by atoms with Crippen molar-refractivity contribution in [1.82, 2.24) is 4.98 Å². The minimum absolute atomic E-state index is 0.110. The third-order valence-corrected chi connectivity index (χ3v) is 3.09. The van der Waals surface area contributed by atoms with Crippen molar-refractivity contribution in [3.05, 3.63) is 39.2 Å². The van der Waals surface area contributed by atoms with E-state index < -0.39 is 11.8 Å². The topological polar surface area (TPSA) is 39.2 Å². The van der Waals surface area contributed by atoms with E-state index in [4.69, 9.17) is 11.6 Å². The Labute approximate surface area is 110 Å². The lowest BCUT2D eigenvalue weighted by atomic mass is 10.1. The van der Waals surface area contributed by atoms with Crippen LogP contribution in [0.3, 0.4) is 0 Å². The second kappa shape index (κ2) is 4.58. The van der Waals surface area contributed by atoms with Gasteiger partial charge in [-0.25, -0.2) is 9.18 Å². The van der Waals surface area contributed by atoms with Crippen LogP contribution < -0.4 is 0 Å². The van der Waals surface area contributed by atoms with E-state index in [-0.39, 0.29) is 16.1 Å². The molecule has 0 atom stereocenters. The molecule has 0 spiro atoms. The van der Waals surface area contributed by atoms with E-state index in [0.29, 0.717) is 9.86 Å². The summed E-state index contributed by atoms with van der Waals surface area (Å²) in [5, 5.41) is 0.489. The van der Waals surface area contributed by atoms with Gasteiger partial charge in [0.15, 0.2) is 5.82 Å². The summed E-state index contributed by atoms with van der Waals surface area (Å²) in [6.45, 7) is 0. The maximum Gasteiger partial charge on any atom is 0.340 e. The van der Waals surface area contributed by atoms with Crippen molar-refractivity contribution in [3.63, 3.8) is 0 Å². The average Bonchev–Trinajstić information content (AvgIpc) is 2.29. The number of nitrogens with zero attached hydrogens (tertiary/aromatic N) is 1. The molecule has 17 heavy (non-hydrogen) atoms. The van der Waals surface area contributed by atoms with E-state index in [2.05, 4.69) is 25.7 Å². The Morgan fingerprint density at radius 1 is 1.53 bits per heavy atom. The molecule has 0 radical (unpaired) electrons. The number of pyridine rings is 1. The number of rotatable bonds is 1. The van der Waals surface area contributed by atoms with Crippen molar-refractivity contribution < 1.29 is 13.9 Å². The van der Waals surface area contributed by atoms with E-state index in [1.165, 1.54) is 19.4 Å². The third-order valence-electron chi connectivity index (χ3n) is 2.23. The van der Waals surface area contributed by atoms with Crippen molar-refractivity contribution >= 4 is 44.4 Å². The zero-order valence-corrected chi connectivity index (χ0v) is 11.0. The van der Waals surface area contributed by atoms with Crippen LogP contribution in [0, 0.1) is 5.82 Å². The maximum atomic E-state index is 13.6. The van der Waals surface area contributed by atoms with Crippen LogP contribution in [-0.2, 0) is 4.74 Å². The van der Waals surface area contributed by atoms with Gasteiger partial charge >= 0.3 is 5.97 Å². The number of esters is 1. The highest BCUT2D eigenvalue weighted by Crippen LogP contribution is 2.30. The van der Waals surface area contributed by atoms with Crippen molar-refractivity contribution in [3.8, 4) is 0 Å². The summed E-state index contributed by atoms with van der Waals surface area (Å²) in [5.74, 6) is -1.11. The van der Waals surface area contributed by atoms with E-state index >= 15 is 0 Å². The monoisotopic (exact) mass is 317 g/mol. The van der Waals surface area contributed by atoms with Gasteiger partial charge in [-0.1, -0.05) is 27.5 Å². The lowest BCUT2D eigenvalue weighted by molar-refractivity contribution is 0.0600. The van der Waals surface area contributed by atoms with Crippen molar-refractivity contribution in [2.75, 3.05) is 7.11 Å². The Kier molecular flexibility index (Phi) is 3.31. The molecule has 88 valence electrons. The summed E-state index contributed by atoms with van der Waals surface area (Å²) in [6.07, 6.45) is 1.20. The lowest BCUT2D eigenvalue weighted by Crippen LogP contribution is -2.03. The minimum atomic E-state index is -0.607. The summed E-state index contributed by atoms with van der Waals surface area (Å²) >= 11 is 9.18. The number of halogens is 3. The fourth-order valence-corrected chi connectivity index (χ4v) is 2.15. The molecular weight excluding hydrogens is 312 g/mol. The molecule has 0 fully saturated rings. The molecule has 0 amide bonds. The molecule has 0 aliphatic heterocycles. The van der Waals surface area contributed by atoms with E-state index in [9.17, 15) is 9.18 Å². The molecular formula is C11H6BrClFNO2. The molecule has 6 heteroatoms. The Balaban J connectivity index is 2.79. The number of methoxy groups -OCH3 is 1. The number of benzene rings is 1. The van der Waals surface area contributed by atoms with Crippen LogP contribution in [0.15, 0.2) is 22.8 Å². The van der Waals surface area contributed by atoms with Gasteiger partial charge < -0.3 is 4.74 Å². The maximum absolute atomic E-state index is 13.6. The van der Waals surface area contributed by atoms with Gasteiger partial charge in [-0.3, -0.25) is 4.98 Å². The first kappa shape index (κ1) is 12.3. The van der Waals surface area contributed by atoms with Crippen molar-refractivity contribution in [2.45, 2.75) is 0 Å². The summed E-state index contributed by atoms with van der Waals surface area (Å²) < 4.78 is 18.7. The molecule has 0 N–H and O–H groups in total. The van der Waals surface area contributed by atoms with Crippen LogP contribution in [0.4, 0.5) is 4.39 Å². The van der Waals surface area contributed by atoms with Gasteiger partial charge in [-0.15, -0.1) is 0 Å². The van der Waals surface area contributed by atoms with Crippen molar-refractivity contribution in [2.24, 2.45) is 0 Å². The smallest absolute Gasteiger partial charge is 0.340 e. The Morgan fingerprint density at radius 3 is 2.88 bits per heavy atom. The van der Waals surface area contributed by atoms with Crippen LogP contribution in [0.1, 0.15) is 10.4 Å². The third kappa shape index (κ3) is 2.12. The second-order valence-corrected chi connectivity index (χ2v) is 4.55. The van der Waals surface area contributed by atoms with Gasteiger partial charge in [-0.2, -0.15) is 0 Å². The van der Waals surface area contributed by atoms with Crippen LogP contribution in [0.25, 0.3) is 10.9 Å². The first-order valence-electron chi connectivity index (χ1n) is 4.56.